The Kier molecular flexibility index (Phi) is 12.6. The van der Waals surface area contributed by atoms with Crippen LogP contribution in [0.15, 0.2) is 60.7 Å². The maximum atomic E-state index is 12.5. The van der Waals surface area contributed by atoms with Crippen molar-refractivity contribution in [3.63, 3.8) is 0 Å². The Labute approximate surface area is 235 Å². The normalized spacial score (nSPS) is 21.5. The topological polar surface area (TPSA) is 77.0 Å². The fourth-order valence-corrected chi connectivity index (χ4v) is 5.95. The van der Waals surface area contributed by atoms with E-state index in [2.05, 4.69) is 41.8 Å². The number of aliphatic hydroxyl groups is 1. The van der Waals surface area contributed by atoms with Gasteiger partial charge in [-0.15, -0.1) is 0 Å². The van der Waals surface area contributed by atoms with Crippen molar-refractivity contribution in [1.82, 2.24) is 5.32 Å². The molecule has 1 aliphatic rings. The maximum Gasteiger partial charge on any atom is 0.407 e. The van der Waals surface area contributed by atoms with Crippen LogP contribution in [0.5, 0.6) is 0 Å². The average Bonchev–Trinajstić information content (AvgIpc) is 3.42. The lowest BCUT2D eigenvalue weighted by molar-refractivity contribution is -0.0584. The predicted molar refractivity (Wildman–Crippen MR) is 155 cm³/mol. The first-order valence-electron chi connectivity index (χ1n) is 13.5. The third-order valence-corrected chi connectivity index (χ3v) is 8.81. The number of benzene rings is 2. The zero-order chi connectivity index (χ0) is 26.6. The summed E-state index contributed by atoms with van der Waals surface area (Å²) in [6, 6.07) is 19.7. The largest absolute Gasteiger partial charge is 0.445 e. The lowest BCUT2D eigenvalue weighted by atomic mass is 9.88. The number of rotatable bonds is 14. The highest BCUT2D eigenvalue weighted by Gasteiger charge is 2.39. The Morgan fingerprint density at radius 3 is 2.24 bits per heavy atom. The van der Waals surface area contributed by atoms with Gasteiger partial charge in [-0.2, -0.15) is 0 Å². The van der Waals surface area contributed by atoms with Crippen molar-refractivity contribution in [2.75, 3.05) is 6.61 Å². The molecule has 1 heterocycles. The van der Waals surface area contributed by atoms with E-state index in [1.54, 1.807) is 0 Å². The highest BCUT2D eigenvalue weighted by molar-refractivity contribution is 14.1. The number of hydrogen-bond donors (Lipinski definition) is 2. The van der Waals surface area contributed by atoms with E-state index in [-0.39, 0.29) is 40.6 Å². The second-order valence-corrected chi connectivity index (χ2v) is 11.6. The van der Waals surface area contributed by atoms with Crippen LogP contribution >= 0.6 is 22.6 Å². The first kappa shape index (κ1) is 29.9. The van der Waals surface area contributed by atoms with Crippen LogP contribution in [0, 0.1) is 11.8 Å². The standard InChI is InChI=1S/C30H42INO5/c1-4-11-25(32-30(34)36-20-24-14-9-6-10-15-24)28(31)27-17-16-26(37-27)22(3)29(33)21(2)18-35-19-23-12-7-5-8-13-23/h5-10,12-15,21-22,25-29,33H,4,11,16-20H2,1-3H3,(H,32,34)/t21-,22-,25-,26-,27-,28-,29-/m1/s1. The molecule has 0 radical (unpaired) electrons. The van der Waals surface area contributed by atoms with Gasteiger partial charge in [-0.3, -0.25) is 0 Å². The number of aliphatic hydroxyl groups excluding tert-OH is 1. The minimum absolute atomic E-state index is 0.00246. The zero-order valence-corrected chi connectivity index (χ0v) is 24.4. The molecule has 1 fully saturated rings. The monoisotopic (exact) mass is 623 g/mol. The molecule has 6 nitrogen and oxygen atoms in total. The third kappa shape index (κ3) is 9.53. The van der Waals surface area contributed by atoms with Crippen LogP contribution in [0.25, 0.3) is 0 Å². The predicted octanol–water partition coefficient (Wildman–Crippen LogP) is 6.28. The summed E-state index contributed by atoms with van der Waals surface area (Å²) in [5.74, 6) is 0.00278. The smallest absolute Gasteiger partial charge is 0.407 e. The summed E-state index contributed by atoms with van der Waals surface area (Å²) in [6.07, 6.45) is 2.72. The summed E-state index contributed by atoms with van der Waals surface area (Å²) in [4.78, 5) is 12.5. The van der Waals surface area contributed by atoms with Gasteiger partial charge in [0.2, 0.25) is 0 Å². The van der Waals surface area contributed by atoms with E-state index in [0.29, 0.717) is 13.2 Å². The van der Waals surface area contributed by atoms with E-state index in [4.69, 9.17) is 14.2 Å². The molecule has 7 atom stereocenters. The first-order chi connectivity index (χ1) is 17.9. The van der Waals surface area contributed by atoms with Gasteiger partial charge in [0.15, 0.2) is 0 Å². The van der Waals surface area contributed by atoms with Gasteiger partial charge in [0.25, 0.3) is 0 Å². The summed E-state index contributed by atoms with van der Waals surface area (Å²) in [6.45, 7) is 7.51. The molecule has 7 heteroatoms. The summed E-state index contributed by atoms with van der Waals surface area (Å²) in [5, 5.41) is 14.1. The molecule has 0 saturated carbocycles. The Morgan fingerprint density at radius 2 is 1.62 bits per heavy atom. The van der Waals surface area contributed by atoms with Gasteiger partial charge in [0.1, 0.15) is 6.61 Å². The van der Waals surface area contributed by atoms with Crippen molar-refractivity contribution in [3.8, 4) is 0 Å². The Bertz CT molecular complexity index is 915. The fraction of sp³-hybridized carbons (Fsp3) is 0.567. The quantitative estimate of drug-likeness (QED) is 0.191. The van der Waals surface area contributed by atoms with Crippen molar-refractivity contribution in [3.05, 3.63) is 71.8 Å². The molecule has 37 heavy (non-hydrogen) atoms. The van der Waals surface area contributed by atoms with Gasteiger partial charge in [0.05, 0.1) is 35.5 Å². The molecule has 0 aromatic heterocycles. The van der Waals surface area contributed by atoms with Gasteiger partial charge < -0.3 is 24.6 Å². The highest BCUT2D eigenvalue weighted by atomic mass is 127. The number of amides is 1. The summed E-state index contributed by atoms with van der Waals surface area (Å²) < 4.78 is 17.9. The molecule has 204 valence electrons. The van der Waals surface area contributed by atoms with E-state index >= 15 is 0 Å². The SMILES string of the molecule is CCC[C@@H](NC(=O)OCc1ccccc1)[C@@H](I)[C@H]1CC[C@H]([C@@H](C)[C@H](O)[C@H](C)COCc2ccccc2)O1. The molecule has 1 aliphatic heterocycles. The van der Waals surface area contributed by atoms with Crippen molar-refractivity contribution < 1.29 is 24.1 Å². The van der Waals surface area contributed by atoms with Crippen LogP contribution < -0.4 is 5.32 Å². The van der Waals surface area contributed by atoms with Gasteiger partial charge >= 0.3 is 6.09 Å². The van der Waals surface area contributed by atoms with E-state index < -0.39 is 12.2 Å². The van der Waals surface area contributed by atoms with Crippen LogP contribution in [-0.4, -0.2) is 46.1 Å². The fourth-order valence-electron chi connectivity index (χ4n) is 4.88. The van der Waals surface area contributed by atoms with E-state index in [9.17, 15) is 9.90 Å². The molecule has 3 rings (SSSR count). The van der Waals surface area contributed by atoms with Crippen LogP contribution in [0.4, 0.5) is 4.79 Å². The van der Waals surface area contributed by atoms with Crippen LogP contribution in [-0.2, 0) is 27.4 Å². The zero-order valence-electron chi connectivity index (χ0n) is 22.2. The summed E-state index contributed by atoms with van der Waals surface area (Å²) >= 11 is 2.41. The van der Waals surface area contributed by atoms with E-state index in [0.717, 1.165) is 36.8 Å². The number of alkyl carbamates (subject to hydrolysis) is 1. The lowest BCUT2D eigenvalue weighted by Gasteiger charge is -2.31. The van der Waals surface area contributed by atoms with Crippen LogP contribution in [0.2, 0.25) is 0 Å². The molecule has 2 aromatic rings. The Morgan fingerprint density at radius 1 is 1.03 bits per heavy atom. The summed E-state index contributed by atoms with van der Waals surface area (Å²) in [7, 11) is 0. The van der Waals surface area contributed by atoms with Crippen LogP contribution in [0.1, 0.15) is 57.6 Å². The van der Waals surface area contributed by atoms with Crippen molar-refractivity contribution >= 4 is 28.7 Å². The number of alkyl halides is 1. The molecule has 0 spiro atoms. The van der Waals surface area contributed by atoms with Crippen molar-refractivity contribution in [2.24, 2.45) is 11.8 Å². The molecular weight excluding hydrogens is 581 g/mol. The van der Waals surface area contributed by atoms with E-state index in [1.807, 2.05) is 67.6 Å². The molecule has 1 saturated heterocycles. The van der Waals surface area contributed by atoms with E-state index in [1.165, 1.54) is 0 Å². The Hall–Kier alpha value is -1.68. The summed E-state index contributed by atoms with van der Waals surface area (Å²) in [5.41, 5.74) is 2.09. The number of halogens is 1. The minimum Gasteiger partial charge on any atom is -0.445 e. The molecule has 2 aromatic carbocycles. The average molecular weight is 624 g/mol. The second kappa shape index (κ2) is 15.7. The molecule has 0 unspecified atom stereocenters. The first-order valence-corrected chi connectivity index (χ1v) is 14.7. The lowest BCUT2D eigenvalue weighted by Crippen LogP contribution is -2.46. The number of nitrogens with one attached hydrogen (secondary N) is 1. The van der Waals surface area contributed by atoms with Crippen molar-refractivity contribution in [2.45, 2.75) is 87.9 Å². The number of carbonyl (C=O) groups is 1. The van der Waals surface area contributed by atoms with Crippen molar-refractivity contribution in [1.29, 1.82) is 0 Å². The minimum atomic E-state index is -0.510. The molecule has 1 amide bonds. The number of ether oxygens (including phenoxy) is 3. The van der Waals surface area contributed by atoms with Gasteiger partial charge in [-0.25, -0.2) is 4.79 Å². The van der Waals surface area contributed by atoms with Crippen LogP contribution in [0.3, 0.4) is 0 Å². The number of carbonyl (C=O) groups excluding carboxylic acids is 1. The third-order valence-electron chi connectivity index (χ3n) is 7.14. The highest BCUT2D eigenvalue weighted by Crippen LogP contribution is 2.34. The van der Waals surface area contributed by atoms with Gasteiger partial charge in [-0.1, -0.05) is 110 Å². The Balaban J connectivity index is 1.45. The van der Waals surface area contributed by atoms with Gasteiger partial charge in [0, 0.05) is 17.9 Å². The van der Waals surface area contributed by atoms with Gasteiger partial charge in [-0.05, 0) is 30.4 Å². The second-order valence-electron chi connectivity index (χ2n) is 10.2. The molecular formula is C30H42INO5. The number of hydrogen-bond acceptors (Lipinski definition) is 5. The molecule has 0 bridgehead atoms. The molecule has 2 N–H and O–H groups in total. The molecule has 0 aliphatic carbocycles. The maximum absolute atomic E-state index is 12.5.